The van der Waals surface area contributed by atoms with Crippen LogP contribution in [0.5, 0.6) is 0 Å². The van der Waals surface area contributed by atoms with E-state index in [-0.39, 0.29) is 6.10 Å². The van der Waals surface area contributed by atoms with Gasteiger partial charge in [0.1, 0.15) is 12.4 Å². The lowest BCUT2D eigenvalue weighted by atomic mass is 10.1. The fourth-order valence-electron chi connectivity index (χ4n) is 1.39. The summed E-state index contributed by atoms with van der Waals surface area (Å²) in [4.78, 5) is 0. The SMILES string of the molecule is c1cc(C2CO2)cc(-n2cnnn2)c1. The highest BCUT2D eigenvalue weighted by molar-refractivity contribution is 5.36. The van der Waals surface area contributed by atoms with E-state index in [1.807, 2.05) is 24.3 Å². The van der Waals surface area contributed by atoms with E-state index < -0.39 is 0 Å². The molecule has 1 aliphatic rings. The number of rotatable bonds is 2. The Hall–Kier alpha value is -1.75. The summed E-state index contributed by atoms with van der Waals surface area (Å²) in [6.07, 6.45) is 1.85. The Morgan fingerprint density at radius 1 is 1.43 bits per heavy atom. The number of benzene rings is 1. The predicted octanol–water partition coefficient (Wildman–Crippen LogP) is 0.734. The van der Waals surface area contributed by atoms with E-state index >= 15 is 0 Å². The number of tetrazole rings is 1. The smallest absolute Gasteiger partial charge is 0.143 e. The molecule has 2 aromatic rings. The van der Waals surface area contributed by atoms with E-state index in [1.54, 1.807) is 11.0 Å². The zero-order chi connectivity index (χ0) is 9.38. The summed E-state index contributed by atoms with van der Waals surface area (Å²) in [7, 11) is 0. The maximum absolute atomic E-state index is 5.21. The molecule has 5 heteroatoms. The lowest BCUT2D eigenvalue weighted by Gasteiger charge is -2.00. The summed E-state index contributed by atoms with van der Waals surface area (Å²) in [6.45, 7) is 0.819. The van der Waals surface area contributed by atoms with Crippen molar-refractivity contribution in [2.75, 3.05) is 6.61 Å². The zero-order valence-electron chi connectivity index (χ0n) is 7.37. The normalized spacial score (nSPS) is 19.6. The van der Waals surface area contributed by atoms with Gasteiger partial charge in [-0.05, 0) is 28.1 Å². The largest absolute Gasteiger partial charge is 0.368 e. The minimum Gasteiger partial charge on any atom is -0.368 e. The summed E-state index contributed by atoms with van der Waals surface area (Å²) in [6, 6.07) is 8.02. The van der Waals surface area contributed by atoms with Gasteiger partial charge in [0.2, 0.25) is 0 Å². The lowest BCUT2D eigenvalue weighted by molar-refractivity contribution is 0.415. The van der Waals surface area contributed by atoms with Crippen LogP contribution in [0.25, 0.3) is 5.69 Å². The van der Waals surface area contributed by atoms with E-state index in [4.69, 9.17) is 4.74 Å². The van der Waals surface area contributed by atoms with E-state index in [2.05, 4.69) is 15.5 Å². The second-order valence-corrected chi connectivity index (χ2v) is 3.17. The van der Waals surface area contributed by atoms with Crippen LogP contribution < -0.4 is 0 Å². The highest BCUT2D eigenvalue weighted by Gasteiger charge is 2.24. The molecule has 0 radical (unpaired) electrons. The van der Waals surface area contributed by atoms with Crippen LogP contribution >= 0.6 is 0 Å². The van der Waals surface area contributed by atoms with Crippen molar-refractivity contribution in [3.05, 3.63) is 36.2 Å². The van der Waals surface area contributed by atoms with Gasteiger partial charge in [-0.2, -0.15) is 0 Å². The van der Waals surface area contributed by atoms with E-state index in [0.29, 0.717) is 0 Å². The maximum atomic E-state index is 5.21. The van der Waals surface area contributed by atoms with Crippen LogP contribution in [-0.2, 0) is 4.74 Å². The molecule has 1 saturated heterocycles. The van der Waals surface area contributed by atoms with Crippen molar-refractivity contribution < 1.29 is 4.74 Å². The number of hydrogen-bond acceptors (Lipinski definition) is 4. The van der Waals surface area contributed by atoms with Crippen molar-refractivity contribution >= 4 is 0 Å². The van der Waals surface area contributed by atoms with E-state index in [1.165, 1.54) is 5.56 Å². The topological polar surface area (TPSA) is 56.1 Å². The predicted molar refractivity (Wildman–Crippen MR) is 47.8 cm³/mol. The molecule has 3 rings (SSSR count). The Morgan fingerprint density at radius 2 is 2.36 bits per heavy atom. The molecular formula is C9H8N4O. The maximum Gasteiger partial charge on any atom is 0.143 e. The third-order valence-electron chi connectivity index (χ3n) is 2.19. The molecule has 0 N–H and O–H groups in total. The highest BCUT2D eigenvalue weighted by Crippen LogP contribution is 2.30. The molecule has 1 unspecified atom stereocenters. The Balaban J connectivity index is 2.02. The van der Waals surface area contributed by atoms with Gasteiger partial charge in [-0.3, -0.25) is 0 Å². The van der Waals surface area contributed by atoms with Crippen LogP contribution in [0, 0.1) is 0 Å². The highest BCUT2D eigenvalue weighted by atomic mass is 16.6. The van der Waals surface area contributed by atoms with Crippen LogP contribution in [0.3, 0.4) is 0 Å². The fraction of sp³-hybridized carbons (Fsp3) is 0.222. The second-order valence-electron chi connectivity index (χ2n) is 3.17. The molecule has 14 heavy (non-hydrogen) atoms. The average Bonchev–Trinajstić information content (AvgIpc) is 2.94. The van der Waals surface area contributed by atoms with Gasteiger partial charge in [0.15, 0.2) is 0 Å². The molecule has 1 aromatic heterocycles. The van der Waals surface area contributed by atoms with Crippen LogP contribution in [0.2, 0.25) is 0 Å². The summed E-state index contributed by atoms with van der Waals surface area (Å²) in [5.41, 5.74) is 2.14. The first-order valence-corrected chi connectivity index (χ1v) is 4.38. The van der Waals surface area contributed by atoms with Crippen molar-refractivity contribution in [1.29, 1.82) is 0 Å². The molecular weight excluding hydrogens is 180 g/mol. The third kappa shape index (κ3) is 1.27. The van der Waals surface area contributed by atoms with Gasteiger partial charge in [0.05, 0.1) is 12.3 Å². The van der Waals surface area contributed by atoms with Gasteiger partial charge < -0.3 is 4.74 Å². The number of hydrogen-bond donors (Lipinski definition) is 0. The molecule has 1 atom stereocenters. The Morgan fingerprint density at radius 3 is 3.07 bits per heavy atom. The van der Waals surface area contributed by atoms with Crippen molar-refractivity contribution in [2.24, 2.45) is 0 Å². The van der Waals surface area contributed by atoms with E-state index in [9.17, 15) is 0 Å². The van der Waals surface area contributed by atoms with Gasteiger partial charge in [-0.15, -0.1) is 5.10 Å². The Bertz CT molecular complexity index is 436. The second kappa shape index (κ2) is 2.88. The third-order valence-corrected chi connectivity index (χ3v) is 2.19. The van der Waals surface area contributed by atoms with Gasteiger partial charge in [0, 0.05) is 0 Å². The zero-order valence-corrected chi connectivity index (χ0v) is 7.37. The van der Waals surface area contributed by atoms with Crippen molar-refractivity contribution in [2.45, 2.75) is 6.10 Å². The van der Waals surface area contributed by atoms with Crippen LogP contribution in [0.1, 0.15) is 11.7 Å². The Kier molecular flexibility index (Phi) is 1.57. The molecule has 0 spiro atoms. The molecule has 1 aromatic carbocycles. The van der Waals surface area contributed by atoms with Gasteiger partial charge in [0.25, 0.3) is 0 Å². The summed E-state index contributed by atoms with van der Waals surface area (Å²) in [5.74, 6) is 0. The molecule has 0 aliphatic carbocycles. The van der Waals surface area contributed by atoms with Crippen LogP contribution in [-0.4, -0.2) is 26.8 Å². The summed E-state index contributed by atoms with van der Waals surface area (Å²) < 4.78 is 6.84. The van der Waals surface area contributed by atoms with E-state index in [0.717, 1.165) is 12.3 Å². The summed E-state index contributed by atoms with van der Waals surface area (Å²) >= 11 is 0. The molecule has 1 aliphatic heterocycles. The summed E-state index contributed by atoms with van der Waals surface area (Å²) in [5, 5.41) is 11.0. The molecule has 0 amide bonds. The van der Waals surface area contributed by atoms with Crippen LogP contribution in [0.15, 0.2) is 30.6 Å². The van der Waals surface area contributed by atoms with Gasteiger partial charge in [-0.1, -0.05) is 12.1 Å². The average molecular weight is 188 g/mol. The monoisotopic (exact) mass is 188 g/mol. The van der Waals surface area contributed by atoms with Crippen LogP contribution in [0.4, 0.5) is 0 Å². The molecule has 0 bridgehead atoms. The lowest BCUT2D eigenvalue weighted by Crippen LogP contribution is -1.95. The number of ether oxygens (including phenoxy) is 1. The molecule has 0 saturated carbocycles. The van der Waals surface area contributed by atoms with Crippen molar-refractivity contribution in [3.8, 4) is 5.69 Å². The van der Waals surface area contributed by atoms with Crippen molar-refractivity contribution in [1.82, 2.24) is 20.2 Å². The first kappa shape index (κ1) is 7.64. The Labute approximate surface area is 80.3 Å². The molecule has 70 valence electrons. The standard InChI is InChI=1S/C9H8N4O/c1-2-7(9-5-14-9)4-8(3-1)13-6-10-11-12-13/h1-4,6,9H,5H2. The number of epoxide rings is 1. The van der Waals surface area contributed by atoms with Crippen molar-refractivity contribution in [3.63, 3.8) is 0 Å². The minimum absolute atomic E-state index is 0.270. The van der Waals surface area contributed by atoms with Gasteiger partial charge in [-0.25, -0.2) is 4.68 Å². The molecule has 2 heterocycles. The first-order valence-electron chi connectivity index (χ1n) is 4.38. The molecule has 1 fully saturated rings. The first-order chi connectivity index (χ1) is 6.93. The molecule has 5 nitrogen and oxygen atoms in total. The quantitative estimate of drug-likeness (QED) is 0.652. The number of nitrogens with zero attached hydrogens (tertiary/aromatic N) is 4. The number of aromatic nitrogens is 4. The fourth-order valence-corrected chi connectivity index (χ4v) is 1.39. The minimum atomic E-state index is 0.270. The van der Waals surface area contributed by atoms with Gasteiger partial charge >= 0.3 is 0 Å².